The third-order valence-corrected chi connectivity index (χ3v) is 3.46. The van der Waals surface area contributed by atoms with Crippen LogP contribution in [0.2, 0.25) is 0 Å². The zero-order valence-electron chi connectivity index (χ0n) is 12.3. The lowest BCUT2D eigenvalue weighted by atomic mass is 10.0. The van der Waals surface area contributed by atoms with Gasteiger partial charge in [-0.25, -0.2) is 4.98 Å². The number of pyridine rings is 1. The Morgan fingerprint density at radius 2 is 1.86 bits per heavy atom. The number of aromatic nitrogens is 2. The first-order valence-corrected chi connectivity index (χ1v) is 7.20. The maximum Gasteiger partial charge on any atom is 0.212 e. The van der Waals surface area contributed by atoms with Gasteiger partial charge in [0.15, 0.2) is 5.58 Å². The highest BCUT2D eigenvalue weighted by Crippen LogP contribution is 2.27. The zero-order valence-corrected chi connectivity index (χ0v) is 12.3. The van der Waals surface area contributed by atoms with Crippen LogP contribution in [0.25, 0.3) is 22.2 Å². The van der Waals surface area contributed by atoms with Gasteiger partial charge < -0.3 is 10.2 Å². The molecule has 0 amide bonds. The van der Waals surface area contributed by atoms with Gasteiger partial charge in [-0.2, -0.15) is 0 Å². The van der Waals surface area contributed by atoms with Gasteiger partial charge in [0.2, 0.25) is 5.89 Å². The van der Waals surface area contributed by atoms with E-state index in [4.69, 9.17) is 10.2 Å². The molecule has 0 fully saturated rings. The molecule has 0 saturated carbocycles. The highest BCUT2D eigenvalue weighted by molar-refractivity contribution is 5.80. The standard InChI is InChI=1S/C17H19N3O/c1-11(2)9-14(18)17-20-15-4-3-13(10-16(15)21-17)12-5-7-19-8-6-12/h3-8,10-11,14H,9,18H2,1-2H3. The molecule has 0 bridgehead atoms. The van der Waals surface area contributed by atoms with Crippen molar-refractivity contribution in [1.29, 1.82) is 0 Å². The molecule has 0 aliphatic carbocycles. The predicted molar refractivity (Wildman–Crippen MR) is 83.6 cm³/mol. The van der Waals surface area contributed by atoms with Gasteiger partial charge in [0.25, 0.3) is 0 Å². The Kier molecular flexibility index (Phi) is 3.71. The van der Waals surface area contributed by atoms with Crippen LogP contribution in [0.3, 0.4) is 0 Å². The molecule has 3 rings (SSSR count). The Hall–Kier alpha value is -2.20. The fraction of sp³-hybridized carbons (Fsp3) is 0.294. The summed E-state index contributed by atoms with van der Waals surface area (Å²) in [5, 5.41) is 0. The van der Waals surface area contributed by atoms with Gasteiger partial charge in [0, 0.05) is 12.4 Å². The van der Waals surface area contributed by atoms with E-state index in [1.807, 2.05) is 30.3 Å². The summed E-state index contributed by atoms with van der Waals surface area (Å²) in [6.45, 7) is 4.29. The zero-order chi connectivity index (χ0) is 14.8. The van der Waals surface area contributed by atoms with Gasteiger partial charge >= 0.3 is 0 Å². The van der Waals surface area contributed by atoms with Crippen LogP contribution < -0.4 is 5.73 Å². The Morgan fingerprint density at radius 3 is 2.57 bits per heavy atom. The number of rotatable bonds is 4. The second-order valence-corrected chi connectivity index (χ2v) is 5.71. The van der Waals surface area contributed by atoms with Crippen LogP contribution in [0.1, 0.15) is 32.2 Å². The SMILES string of the molecule is CC(C)CC(N)c1nc2ccc(-c3ccncc3)cc2o1. The van der Waals surface area contributed by atoms with E-state index in [0.29, 0.717) is 11.8 Å². The summed E-state index contributed by atoms with van der Waals surface area (Å²) in [6, 6.07) is 9.81. The number of oxazole rings is 1. The molecule has 2 aromatic heterocycles. The summed E-state index contributed by atoms with van der Waals surface area (Å²) in [5.74, 6) is 1.13. The first kappa shape index (κ1) is 13.8. The van der Waals surface area contributed by atoms with Gasteiger partial charge in [0.05, 0.1) is 6.04 Å². The largest absolute Gasteiger partial charge is 0.439 e. The van der Waals surface area contributed by atoms with Crippen LogP contribution in [0.5, 0.6) is 0 Å². The third-order valence-electron chi connectivity index (χ3n) is 3.46. The first-order valence-electron chi connectivity index (χ1n) is 7.20. The van der Waals surface area contributed by atoms with Crippen molar-refractivity contribution in [2.45, 2.75) is 26.3 Å². The number of hydrogen-bond acceptors (Lipinski definition) is 4. The lowest BCUT2D eigenvalue weighted by Crippen LogP contribution is -2.13. The lowest BCUT2D eigenvalue weighted by molar-refractivity contribution is 0.417. The Balaban J connectivity index is 1.95. The number of hydrogen-bond donors (Lipinski definition) is 1. The van der Waals surface area contributed by atoms with Crippen molar-refractivity contribution in [2.24, 2.45) is 11.7 Å². The lowest BCUT2D eigenvalue weighted by Gasteiger charge is -2.09. The Labute approximate surface area is 124 Å². The van der Waals surface area contributed by atoms with Gasteiger partial charge in [-0.3, -0.25) is 4.98 Å². The molecule has 108 valence electrons. The summed E-state index contributed by atoms with van der Waals surface area (Å²) in [6.07, 6.45) is 4.43. The van der Waals surface area contributed by atoms with E-state index in [9.17, 15) is 0 Å². The Bertz CT molecular complexity index is 734. The molecule has 1 atom stereocenters. The molecular formula is C17H19N3O. The smallest absolute Gasteiger partial charge is 0.212 e. The van der Waals surface area contributed by atoms with Crippen molar-refractivity contribution in [3.05, 3.63) is 48.6 Å². The van der Waals surface area contributed by atoms with E-state index in [-0.39, 0.29) is 6.04 Å². The highest BCUT2D eigenvalue weighted by Gasteiger charge is 2.15. The predicted octanol–water partition coefficient (Wildman–Crippen LogP) is 3.94. The third kappa shape index (κ3) is 2.95. The number of fused-ring (bicyclic) bond motifs is 1. The van der Waals surface area contributed by atoms with E-state index in [0.717, 1.165) is 28.6 Å². The fourth-order valence-electron chi connectivity index (χ4n) is 2.43. The monoisotopic (exact) mass is 281 g/mol. The van der Waals surface area contributed by atoms with Crippen molar-refractivity contribution in [3.8, 4) is 11.1 Å². The van der Waals surface area contributed by atoms with Gasteiger partial charge in [-0.1, -0.05) is 19.9 Å². The van der Waals surface area contributed by atoms with Crippen molar-refractivity contribution >= 4 is 11.1 Å². The average molecular weight is 281 g/mol. The fourth-order valence-corrected chi connectivity index (χ4v) is 2.43. The van der Waals surface area contributed by atoms with E-state index < -0.39 is 0 Å². The van der Waals surface area contributed by atoms with Crippen LogP contribution in [0, 0.1) is 5.92 Å². The van der Waals surface area contributed by atoms with Crippen LogP contribution in [-0.4, -0.2) is 9.97 Å². The molecule has 0 saturated heterocycles. The van der Waals surface area contributed by atoms with Gasteiger partial charge in [0.1, 0.15) is 5.52 Å². The molecule has 0 radical (unpaired) electrons. The van der Waals surface area contributed by atoms with E-state index >= 15 is 0 Å². The van der Waals surface area contributed by atoms with Gasteiger partial charge in [-0.15, -0.1) is 0 Å². The Morgan fingerprint density at radius 1 is 1.10 bits per heavy atom. The van der Waals surface area contributed by atoms with Gasteiger partial charge in [-0.05, 0) is 47.7 Å². The molecule has 1 aromatic carbocycles. The number of benzene rings is 1. The summed E-state index contributed by atoms with van der Waals surface area (Å²) in [5.41, 5.74) is 9.97. The van der Waals surface area contributed by atoms with Crippen LogP contribution in [0.4, 0.5) is 0 Å². The van der Waals surface area contributed by atoms with Crippen LogP contribution in [-0.2, 0) is 0 Å². The normalized spacial score (nSPS) is 13.0. The summed E-state index contributed by atoms with van der Waals surface area (Å²) in [7, 11) is 0. The minimum Gasteiger partial charge on any atom is -0.439 e. The molecule has 2 heterocycles. The van der Waals surface area contributed by atoms with Crippen molar-refractivity contribution in [2.75, 3.05) is 0 Å². The van der Waals surface area contributed by atoms with Crippen molar-refractivity contribution < 1.29 is 4.42 Å². The molecule has 3 aromatic rings. The molecule has 21 heavy (non-hydrogen) atoms. The molecule has 1 unspecified atom stereocenters. The topological polar surface area (TPSA) is 64.9 Å². The average Bonchev–Trinajstić information content (AvgIpc) is 2.90. The number of nitrogens with zero attached hydrogens (tertiary/aromatic N) is 2. The van der Waals surface area contributed by atoms with Crippen molar-refractivity contribution in [3.63, 3.8) is 0 Å². The van der Waals surface area contributed by atoms with E-state index in [1.165, 1.54) is 0 Å². The molecule has 0 aliphatic rings. The molecular weight excluding hydrogens is 262 g/mol. The van der Waals surface area contributed by atoms with E-state index in [2.05, 4.69) is 23.8 Å². The summed E-state index contributed by atoms with van der Waals surface area (Å²) < 4.78 is 5.84. The second kappa shape index (κ2) is 5.66. The minimum absolute atomic E-state index is 0.151. The second-order valence-electron chi connectivity index (χ2n) is 5.71. The first-order chi connectivity index (χ1) is 10.1. The molecule has 0 spiro atoms. The molecule has 2 N–H and O–H groups in total. The quantitative estimate of drug-likeness (QED) is 0.786. The maximum absolute atomic E-state index is 6.14. The molecule has 4 nitrogen and oxygen atoms in total. The van der Waals surface area contributed by atoms with Crippen LogP contribution >= 0.6 is 0 Å². The maximum atomic E-state index is 6.14. The number of nitrogens with two attached hydrogens (primary N) is 1. The minimum atomic E-state index is -0.151. The summed E-state index contributed by atoms with van der Waals surface area (Å²) >= 11 is 0. The van der Waals surface area contributed by atoms with Crippen LogP contribution in [0.15, 0.2) is 47.1 Å². The van der Waals surface area contributed by atoms with Crippen molar-refractivity contribution in [1.82, 2.24) is 9.97 Å². The summed E-state index contributed by atoms with van der Waals surface area (Å²) in [4.78, 5) is 8.53. The molecule has 4 heteroatoms. The highest BCUT2D eigenvalue weighted by atomic mass is 16.3. The molecule has 0 aliphatic heterocycles. The van der Waals surface area contributed by atoms with E-state index in [1.54, 1.807) is 12.4 Å².